The van der Waals surface area contributed by atoms with Gasteiger partial charge >= 0.3 is 0 Å². The number of rotatable bonds is 4. The zero-order valence-electron chi connectivity index (χ0n) is 11.7. The van der Waals surface area contributed by atoms with E-state index < -0.39 is 5.41 Å². The third-order valence-corrected chi connectivity index (χ3v) is 4.93. The lowest BCUT2D eigenvalue weighted by atomic mass is 9.85. The third kappa shape index (κ3) is 2.69. The van der Waals surface area contributed by atoms with E-state index in [2.05, 4.69) is 10.2 Å². The topological polar surface area (TPSA) is 58.4 Å². The molecule has 0 bridgehead atoms. The first-order valence-electron chi connectivity index (χ1n) is 7.34. The number of nitrogens with two attached hydrogens (primary N) is 1. The molecule has 3 N–H and O–H groups in total. The van der Waals surface area contributed by atoms with Gasteiger partial charge in [0.2, 0.25) is 5.91 Å². The van der Waals surface area contributed by atoms with E-state index in [1.165, 1.54) is 19.4 Å². The van der Waals surface area contributed by atoms with E-state index in [1.54, 1.807) is 0 Å². The van der Waals surface area contributed by atoms with Gasteiger partial charge in [-0.1, -0.05) is 6.92 Å². The van der Waals surface area contributed by atoms with Crippen LogP contribution in [0.1, 0.15) is 46.0 Å². The van der Waals surface area contributed by atoms with E-state index in [0.717, 1.165) is 25.8 Å². The molecule has 2 rings (SSSR count). The van der Waals surface area contributed by atoms with Gasteiger partial charge in [0.15, 0.2) is 0 Å². The molecule has 104 valence electrons. The van der Waals surface area contributed by atoms with Crippen molar-refractivity contribution in [2.75, 3.05) is 19.6 Å². The maximum Gasteiger partial charge on any atom is 0.227 e. The highest BCUT2D eigenvalue weighted by molar-refractivity contribution is 5.82. The van der Waals surface area contributed by atoms with Crippen molar-refractivity contribution in [1.82, 2.24) is 10.2 Å². The van der Waals surface area contributed by atoms with E-state index in [-0.39, 0.29) is 5.91 Å². The molecule has 2 aliphatic rings. The Hall–Kier alpha value is -0.610. The second-order valence-corrected chi connectivity index (χ2v) is 6.15. The summed E-state index contributed by atoms with van der Waals surface area (Å²) < 4.78 is 0. The molecule has 1 amide bonds. The van der Waals surface area contributed by atoms with E-state index in [0.29, 0.717) is 18.6 Å². The van der Waals surface area contributed by atoms with E-state index in [4.69, 9.17) is 5.73 Å². The van der Waals surface area contributed by atoms with Crippen LogP contribution in [0.5, 0.6) is 0 Å². The lowest BCUT2D eigenvalue weighted by molar-refractivity contribution is -0.131. The molecular weight excluding hydrogens is 226 g/mol. The molecule has 4 nitrogen and oxygen atoms in total. The van der Waals surface area contributed by atoms with Crippen LogP contribution in [0.25, 0.3) is 0 Å². The smallest absolute Gasteiger partial charge is 0.227 e. The van der Waals surface area contributed by atoms with Crippen molar-refractivity contribution in [2.24, 2.45) is 11.1 Å². The van der Waals surface area contributed by atoms with Crippen LogP contribution in [0, 0.1) is 5.41 Å². The Morgan fingerprint density at radius 2 is 2.22 bits per heavy atom. The highest BCUT2D eigenvalue weighted by Crippen LogP contribution is 2.28. The summed E-state index contributed by atoms with van der Waals surface area (Å²) >= 11 is 0. The molecule has 0 radical (unpaired) electrons. The van der Waals surface area contributed by atoms with Crippen molar-refractivity contribution in [2.45, 2.75) is 58.0 Å². The second-order valence-electron chi connectivity index (χ2n) is 6.15. The zero-order chi connectivity index (χ0) is 13.2. The molecule has 2 fully saturated rings. The van der Waals surface area contributed by atoms with Gasteiger partial charge in [0, 0.05) is 25.2 Å². The number of carbonyl (C=O) groups is 1. The summed E-state index contributed by atoms with van der Waals surface area (Å²) in [5.74, 6) is 0.143. The number of hydrogen-bond acceptors (Lipinski definition) is 3. The van der Waals surface area contributed by atoms with Crippen LogP contribution in [-0.4, -0.2) is 42.5 Å². The Bertz CT molecular complexity index is 301. The molecule has 0 aromatic heterocycles. The number of fused-ring (bicyclic) bond motifs is 1. The molecule has 3 atom stereocenters. The van der Waals surface area contributed by atoms with Gasteiger partial charge in [0.25, 0.3) is 0 Å². The summed E-state index contributed by atoms with van der Waals surface area (Å²) in [6, 6.07) is 1.06. The van der Waals surface area contributed by atoms with Gasteiger partial charge in [0.1, 0.15) is 0 Å². The average Bonchev–Trinajstić information content (AvgIpc) is 2.85. The van der Waals surface area contributed by atoms with Crippen molar-refractivity contribution in [3.05, 3.63) is 0 Å². The third-order valence-electron chi connectivity index (χ3n) is 4.93. The van der Waals surface area contributed by atoms with Crippen LogP contribution < -0.4 is 11.1 Å². The Morgan fingerprint density at radius 1 is 1.44 bits per heavy atom. The van der Waals surface area contributed by atoms with Gasteiger partial charge < -0.3 is 16.0 Å². The first-order valence-corrected chi connectivity index (χ1v) is 7.34. The quantitative estimate of drug-likeness (QED) is 0.789. The largest absolute Gasteiger partial charge is 0.353 e. The van der Waals surface area contributed by atoms with Crippen molar-refractivity contribution in [3.63, 3.8) is 0 Å². The first kappa shape index (κ1) is 13.8. The molecule has 0 aliphatic carbocycles. The van der Waals surface area contributed by atoms with Crippen molar-refractivity contribution >= 4 is 5.91 Å². The zero-order valence-corrected chi connectivity index (χ0v) is 11.7. The number of nitrogens with zero attached hydrogens (tertiary/aromatic N) is 1. The number of amides is 1. The van der Waals surface area contributed by atoms with Crippen LogP contribution in [-0.2, 0) is 4.79 Å². The number of hydrogen-bond donors (Lipinski definition) is 2. The van der Waals surface area contributed by atoms with Crippen LogP contribution in [0.15, 0.2) is 0 Å². The van der Waals surface area contributed by atoms with Crippen LogP contribution >= 0.6 is 0 Å². The first-order chi connectivity index (χ1) is 8.59. The molecular formula is C14H27N3O. The summed E-state index contributed by atoms with van der Waals surface area (Å²) in [5, 5.41) is 3.23. The highest BCUT2D eigenvalue weighted by atomic mass is 16.2. The molecule has 2 heterocycles. The van der Waals surface area contributed by atoms with Gasteiger partial charge in [0.05, 0.1) is 5.41 Å². The standard InChI is InChI=1S/C14H27N3O/c1-3-14(2,10-15)13(18)16-11-6-8-17-7-4-5-12(17)9-11/h11-12H,3-10,15H2,1-2H3,(H,16,18). The predicted molar refractivity (Wildman–Crippen MR) is 73.2 cm³/mol. The van der Waals surface area contributed by atoms with Crippen molar-refractivity contribution < 1.29 is 4.79 Å². The van der Waals surface area contributed by atoms with Gasteiger partial charge in [-0.25, -0.2) is 0 Å². The SMILES string of the molecule is CCC(C)(CN)C(=O)NC1CCN2CCCC2C1. The van der Waals surface area contributed by atoms with Crippen LogP contribution in [0.4, 0.5) is 0 Å². The molecule has 4 heteroatoms. The summed E-state index contributed by atoms with van der Waals surface area (Å²) in [7, 11) is 0. The monoisotopic (exact) mass is 253 g/mol. The Kier molecular flexibility index (Phi) is 4.28. The fourth-order valence-corrected chi connectivity index (χ4v) is 3.11. The minimum Gasteiger partial charge on any atom is -0.353 e. The van der Waals surface area contributed by atoms with Gasteiger partial charge in [-0.05, 0) is 45.6 Å². The Morgan fingerprint density at radius 3 is 2.89 bits per heavy atom. The fourth-order valence-electron chi connectivity index (χ4n) is 3.11. The minimum atomic E-state index is -0.396. The predicted octanol–water partition coefficient (Wildman–Crippen LogP) is 1.10. The minimum absolute atomic E-state index is 0.143. The van der Waals surface area contributed by atoms with Gasteiger partial charge in [-0.2, -0.15) is 0 Å². The number of piperidine rings is 1. The summed E-state index contributed by atoms with van der Waals surface area (Å²) in [4.78, 5) is 14.9. The van der Waals surface area contributed by atoms with Gasteiger partial charge in [-0.15, -0.1) is 0 Å². The maximum atomic E-state index is 12.3. The normalized spacial score (nSPS) is 31.7. The van der Waals surface area contributed by atoms with Crippen LogP contribution in [0.3, 0.4) is 0 Å². The molecule has 0 aromatic rings. The van der Waals surface area contributed by atoms with E-state index >= 15 is 0 Å². The Balaban J connectivity index is 1.88. The van der Waals surface area contributed by atoms with Crippen molar-refractivity contribution in [3.8, 4) is 0 Å². The summed E-state index contributed by atoms with van der Waals surface area (Å²) in [6.45, 7) is 6.82. The second kappa shape index (κ2) is 5.57. The van der Waals surface area contributed by atoms with Gasteiger partial charge in [-0.3, -0.25) is 4.79 Å². The highest BCUT2D eigenvalue weighted by Gasteiger charge is 2.35. The van der Waals surface area contributed by atoms with E-state index in [9.17, 15) is 4.79 Å². The van der Waals surface area contributed by atoms with E-state index in [1.807, 2.05) is 13.8 Å². The molecule has 2 saturated heterocycles. The Labute approximate surface area is 110 Å². The van der Waals surface area contributed by atoms with Crippen molar-refractivity contribution in [1.29, 1.82) is 0 Å². The van der Waals surface area contributed by atoms with Crippen LogP contribution in [0.2, 0.25) is 0 Å². The lowest BCUT2D eigenvalue weighted by Crippen LogP contribution is -2.52. The molecule has 0 aromatic carbocycles. The number of carbonyl (C=O) groups excluding carboxylic acids is 1. The molecule has 18 heavy (non-hydrogen) atoms. The molecule has 2 aliphatic heterocycles. The molecule has 0 saturated carbocycles. The lowest BCUT2D eigenvalue weighted by Gasteiger charge is -2.37. The maximum absolute atomic E-state index is 12.3. The molecule has 0 spiro atoms. The molecule has 3 unspecified atom stereocenters. The summed E-state index contributed by atoms with van der Waals surface area (Å²) in [5.41, 5.74) is 5.34. The summed E-state index contributed by atoms with van der Waals surface area (Å²) in [6.07, 6.45) is 5.63. The number of nitrogens with one attached hydrogen (secondary N) is 1. The fraction of sp³-hybridized carbons (Fsp3) is 0.929. The average molecular weight is 253 g/mol.